The van der Waals surface area contributed by atoms with Gasteiger partial charge < -0.3 is 10.2 Å². The Labute approximate surface area is 84.2 Å². The minimum absolute atomic E-state index is 0.170. The molecule has 14 heavy (non-hydrogen) atoms. The molecule has 0 spiro atoms. The largest absolute Gasteiger partial charge is 0.329 e. The molecule has 1 amide bonds. The van der Waals surface area contributed by atoms with Gasteiger partial charge in [0, 0.05) is 45.3 Å². The van der Waals surface area contributed by atoms with E-state index in [0.717, 1.165) is 39.3 Å². The lowest BCUT2D eigenvalue weighted by molar-refractivity contribution is -0.132. The Balaban J connectivity index is 1.77. The van der Waals surface area contributed by atoms with E-state index < -0.39 is 0 Å². The summed E-state index contributed by atoms with van der Waals surface area (Å²) in [6, 6.07) is 0.536. The van der Waals surface area contributed by atoms with Crippen molar-refractivity contribution in [3.05, 3.63) is 0 Å². The molecule has 2 saturated heterocycles. The number of hydrogen-bond acceptors (Lipinski definition) is 3. The molecule has 0 aromatic heterocycles. The third-order valence-electron chi connectivity index (χ3n) is 2.94. The van der Waals surface area contributed by atoms with Crippen LogP contribution in [0, 0.1) is 12.3 Å². The van der Waals surface area contributed by atoms with E-state index in [9.17, 15) is 4.79 Å². The van der Waals surface area contributed by atoms with E-state index in [0.29, 0.717) is 6.04 Å². The molecular formula is C10H15N3O. The first-order valence-corrected chi connectivity index (χ1v) is 5.01. The summed E-state index contributed by atoms with van der Waals surface area (Å²) in [6.45, 7) is 5.90. The number of carbonyl (C=O) groups is 1. The molecule has 0 radical (unpaired) electrons. The number of nitrogens with one attached hydrogen (secondary N) is 1. The second-order valence-electron chi connectivity index (χ2n) is 3.79. The van der Waals surface area contributed by atoms with Crippen molar-refractivity contribution in [1.82, 2.24) is 15.1 Å². The fraction of sp³-hybridized carbons (Fsp3) is 0.700. The summed E-state index contributed by atoms with van der Waals surface area (Å²) >= 11 is 0. The molecule has 0 bridgehead atoms. The molecule has 0 saturated carbocycles. The second-order valence-corrected chi connectivity index (χ2v) is 3.79. The van der Waals surface area contributed by atoms with Crippen LogP contribution in [0.1, 0.15) is 0 Å². The number of carbonyl (C=O) groups excluding carboxylic acids is 1. The van der Waals surface area contributed by atoms with Crippen LogP contribution in [-0.4, -0.2) is 61.0 Å². The van der Waals surface area contributed by atoms with Gasteiger partial charge in [0.1, 0.15) is 0 Å². The third-order valence-corrected chi connectivity index (χ3v) is 2.94. The van der Waals surface area contributed by atoms with Gasteiger partial charge in [-0.1, -0.05) is 0 Å². The topological polar surface area (TPSA) is 35.6 Å². The van der Waals surface area contributed by atoms with E-state index in [1.165, 1.54) is 0 Å². The number of nitrogens with zero attached hydrogens (tertiary/aromatic N) is 2. The SMILES string of the molecule is C#CC(=O)N1CC(N2CCNCC2)C1. The Hall–Kier alpha value is -1.05. The van der Waals surface area contributed by atoms with Crippen LogP contribution >= 0.6 is 0 Å². The second kappa shape index (κ2) is 3.99. The quantitative estimate of drug-likeness (QED) is 0.528. The summed E-state index contributed by atoms with van der Waals surface area (Å²) < 4.78 is 0. The van der Waals surface area contributed by atoms with E-state index in [1.54, 1.807) is 4.90 Å². The minimum Gasteiger partial charge on any atom is -0.329 e. The standard InChI is InChI=1S/C10H15N3O/c1-2-10(14)13-7-9(8-13)12-5-3-11-4-6-12/h1,9,11H,3-8H2. The molecule has 2 aliphatic rings. The molecule has 2 aliphatic heterocycles. The molecular weight excluding hydrogens is 178 g/mol. The van der Waals surface area contributed by atoms with Gasteiger partial charge in [-0.25, -0.2) is 0 Å². The molecule has 4 nitrogen and oxygen atoms in total. The number of hydrogen-bond donors (Lipinski definition) is 1. The van der Waals surface area contributed by atoms with Crippen molar-refractivity contribution >= 4 is 5.91 Å². The molecule has 4 heteroatoms. The van der Waals surface area contributed by atoms with E-state index >= 15 is 0 Å². The molecule has 2 fully saturated rings. The van der Waals surface area contributed by atoms with Crippen LogP contribution in [0.25, 0.3) is 0 Å². The maximum atomic E-state index is 11.1. The van der Waals surface area contributed by atoms with Crippen molar-refractivity contribution in [1.29, 1.82) is 0 Å². The van der Waals surface area contributed by atoms with Gasteiger partial charge >= 0.3 is 0 Å². The molecule has 2 rings (SSSR count). The number of amides is 1. The van der Waals surface area contributed by atoms with Crippen LogP contribution in [0.3, 0.4) is 0 Å². The average Bonchev–Trinajstić information content (AvgIpc) is 2.17. The van der Waals surface area contributed by atoms with Gasteiger partial charge in [0.05, 0.1) is 0 Å². The van der Waals surface area contributed by atoms with Crippen LogP contribution in [0.5, 0.6) is 0 Å². The van der Waals surface area contributed by atoms with Gasteiger partial charge in [-0.2, -0.15) is 0 Å². The molecule has 0 aromatic carbocycles. The highest BCUT2D eigenvalue weighted by Crippen LogP contribution is 2.15. The van der Waals surface area contributed by atoms with Crippen LogP contribution in [0.4, 0.5) is 0 Å². The molecule has 2 heterocycles. The summed E-state index contributed by atoms with van der Waals surface area (Å²) in [5, 5.41) is 3.31. The Morgan fingerprint density at radius 2 is 2.00 bits per heavy atom. The highest BCUT2D eigenvalue weighted by Gasteiger charge is 2.34. The first-order chi connectivity index (χ1) is 6.81. The number of likely N-dealkylation sites (tertiary alicyclic amines) is 1. The summed E-state index contributed by atoms with van der Waals surface area (Å²) in [4.78, 5) is 15.2. The Kier molecular flexibility index (Phi) is 2.71. The van der Waals surface area contributed by atoms with Crippen LogP contribution in [-0.2, 0) is 4.79 Å². The smallest absolute Gasteiger partial charge is 0.298 e. The van der Waals surface area contributed by atoms with Crippen molar-refractivity contribution in [2.75, 3.05) is 39.3 Å². The summed E-state index contributed by atoms with van der Waals surface area (Å²) in [7, 11) is 0. The summed E-state index contributed by atoms with van der Waals surface area (Å²) in [5.41, 5.74) is 0. The van der Waals surface area contributed by atoms with Crippen LogP contribution in [0.15, 0.2) is 0 Å². The van der Waals surface area contributed by atoms with E-state index in [4.69, 9.17) is 6.42 Å². The zero-order valence-corrected chi connectivity index (χ0v) is 8.20. The lowest BCUT2D eigenvalue weighted by Gasteiger charge is -2.46. The molecule has 0 atom stereocenters. The highest BCUT2D eigenvalue weighted by molar-refractivity contribution is 5.93. The molecule has 0 aliphatic carbocycles. The summed E-state index contributed by atoms with van der Waals surface area (Å²) in [6.07, 6.45) is 5.04. The van der Waals surface area contributed by atoms with Gasteiger partial charge in [0.2, 0.25) is 0 Å². The van der Waals surface area contributed by atoms with Gasteiger partial charge in [0.25, 0.3) is 5.91 Å². The van der Waals surface area contributed by atoms with Gasteiger partial charge in [0.15, 0.2) is 0 Å². The normalized spacial score (nSPS) is 24.1. The first-order valence-electron chi connectivity index (χ1n) is 5.01. The Bertz CT molecular complexity index is 259. The highest BCUT2D eigenvalue weighted by atomic mass is 16.2. The fourth-order valence-corrected chi connectivity index (χ4v) is 1.99. The predicted molar refractivity (Wildman–Crippen MR) is 53.6 cm³/mol. The van der Waals surface area contributed by atoms with Crippen molar-refractivity contribution in [2.45, 2.75) is 6.04 Å². The van der Waals surface area contributed by atoms with Crippen molar-refractivity contribution in [3.63, 3.8) is 0 Å². The number of piperazine rings is 1. The van der Waals surface area contributed by atoms with E-state index in [2.05, 4.69) is 16.1 Å². The third kappa shape index (κ3) is 1.74. The zero-order valence-electron chi connectivity index (χ0n) is 8.20. The molecule has 0 unspecified atom stereocenters. The van der Waals surface area contributed by atoms with Crippen LogP contribution < -0.4 is 5.32 Å². The monoisotopic (exact) mass is 193 g/mol. The van der Waals surface area contributed by atoms with E-state index in [1.807, 2.05) is 0 Å². The van der Waals surface area contributed by atoms with Crippen molar-refractivity contribution in [3.8, 4) is 12.3 Å². The molecule has 1 N–H and O–H groups in total. The molecule has 0 aromatic rings. The zero-order chi connectivity index (χ0) is 9.97. The minimum atomic E-state index is -0.170. The average molecular weight is 193 g/mol. The lowest BCUT2D eigenvalue weighted by atomic mass is 10.1. The van der Waals surface area contributed by atoms with Gasteiger partial charge in [-0.3, -0.25) is 9.69 Å². The number of rotatable bonds is 1. The first kappa shape index (κ1) is 9.50. The van der Waals surface area contributed by atoms with Gasteiger partial charge in [-0.05, 0) is 5.92 Å². The maximum absolute atomic E-state index is 11.1. The Morgan fingerprint density at radius 3 is 2.57 bits per heavy atom. The fourth-order valence-electron chi connectivity index (χ4n) is 1.99. The van der Waals surface area contributed by atoms with Crippen LogP contribution in [0.2, 0.25) is 0 Å². The number of terminal acetylenes is 1. The molecule has 76 valence electrons. The van der Waals surface area contributed by atoms with Gasteiger partial charge in [-0.15, -0.1) is 6.42 Å². The van der Waals surface area contributed by atoms with E-state index in [-0.39, 0.29) is 5.91 Å². The maximum Gasteiger partial charge on any atom is 0.298 e. The van der Waals surface area contributed by atoms with Crippen molar-refractivity contribution < 1.29 is 4.79 Å². The summed E-state index contributed by atoms with van der Waals surface area (Å²) in [5.74, 6) is 1.98. The van der Waals surface area contributed by atoms with Crippen molar-refractivity contribution in [2.24, 2.45) is 0 Å². The predicted octanol–water partition coefficient (Wildman–Crippen LogP) is -1.26. The Morgan fingerprint density at radius 1 is 1.36 bits per heavy atom. The lowest BCUT2D eigenvalue weighted by Crippen LogP contribution is -2.63.